The monoisotopic (exact) mass is 385 g/mol. The molecule has 0 fully saturated rings. The molecule has 1 atom stereocenters. The predicted octanol–water partition coefficient (Wildman–Crippen LogP) is 4.78. The van der Waals surface area contributed by atoms with Crippen LogP contribution in [-0.2, 0) is 4.79 Å². The van der Waals surface area contributed by atoms with Gasteiger partial charge < -0.3 is 9.52 Å². The largest absolute Gasteiger partial charge is 0.503 e. The normalized spacial score (nSPS) is 17.2. The molecule has 1 aliphatic heterocycles. The molecule has 3 heterocycles. The van der Waals surface area contributed by atoms with Crippen LogP contribution in [0.4, 0.5) is 5.69 Å². The number of halogens is 1. The second kappa shape index (κ2) is 6.48. The van der Waals surface area contributed by atoms with Crippen LogP contribution in [0.1, 0.15) is 21.5 Å². The Kier molecular flexibility index (Phi) is 4.14. The van der Waals surface area contributed by atoms with Crippen molar-refractivity contribution >= 4 is 40.3 Å². The molecule has 130 valence electrons. The summed E-state index contributed by atoms with van der Waals surface area (Å²) in [5.74, 6) is -1.28. The van der Waals surface area contributed by atoms with Gasteiger partial charge in [0.2, 0.25) is 5.78 Å². The van der Waals surface area contributed by atoms with Crippen LogP contribution >= 0.6 is 22.9 Å². The summed E-state index contributed by atoms with van der Waals surface area (Å²) in [5.41, 5.74) is 0.455. The van der Waals surface area contributed by atoms with Crippen LogP contribution in [0.5, 0.6) is 0 Å². The molecule has 0 bridgehead atoms. The van der Waals surface area contributed by atoms with Crippen molar-refractivity contribution in [1.29, 1.82) is 0 Å². The van der Waals surface area contributed by atoms with Gasteiger partial charge in [-0.1, -0.05) is 23.7 Å². The van der Waals surface area contributed by atoms with Crippen molar-refractivity contribution in [3.63, 3.8) is 0 Å². The summed E-state index contributed by atoms with van der Waals surface area (Å²) in [7, 11) is 0. The number of amides is 1. The Hall–Kier alpha value is -2.83. The maximum atomic E-state index is 13.0. The molecule has 1 aromatic carbocycles. The number of rotatable bonds is 4. The lowest BCUT2D eigenvalue weighted by Crippen LogP contribution is -2.30. The second-order valence-electron chi connectivity index (χ2n) is 5.64. The van der Waals surface area contributed by atoms with Gasteiger partial charge >= 0.3 is 0 Å². The minimum absolute atomic E-state index is 0.00706. The van der Waals surface area contributed by atoms with Gasteiger partial charge in [0.1, 0.15) is 11.8 Å². The SMILES string of the molecule is O=C(C1=C(O)C(=O)N(c2cccc(Cl)c2)C1c1ccco1)c1cccs1. The van der Waals surface area contributed by atoms with Gasteiger partial charge in [-0.25, -0.2) is 0 Å². The maximum absolute atomic E-state index is 13.0. The lowest BCUT2D eigenvalue weighted by Gasteiger charge is -2.25. The van der Waals surface area contributed by atoms with Crippen molar-refractivity contribution in [1.82, 2.24) is 0 Å². The van der Waals surface area contributed by atoms with Gasteiger partial charge in [-0.2, -0.15) is 0 Å². The first-order valence-electron chi connectivity index (χ1n) is 7.72. The van der Waals surface area contributed by atoms with Crippen LogP contribution in [0, 0.1) is 0 Å². The van der Waals surface area contributed by atoms with E-state index in [-0.39, 0.29) is 5.57 Å². The van der Waals surface area contributed by atoms with Crippen LogP contribution in [0.15, 0.2) is 75.9 Å². The molecule has 0 saturated heterocycles. The number of aliphatic hydroxyl groups excluding tert-OH is 1. The fraction of sp³-hybridized carbons (Fsp3) is 0.0526. The number of aliphatic hydroxyl groups is 1. The lowest BCUT2D eigenvalue weighted by atomic mass is 10.00. The van der Waals surface area contributed by atoms with Crippen molar-refractivity contribution in [3.8, 4) is 0 Å². The molecule has 0 spiro atoms. The van der Waals surface area contributed by atoms with E-state index in [1.165, 1.54) is 22.5 Å². The van der Waals surface area contributed by atoms with E-state index >= 15 is 0 Å². The van der Waals surface area contributed by atoms with Gasteiger partial charge in [0.05, 0.1) is 16.7 Å². The second-order valence-corrected chi connectivity index (χ2v) is 7.03. The Morgan fingerprint density at radius 3 is 2.69 bits per heavy atom. The molecule has 0 aliphatic carbocycles. The highest BCUT2D eigenvalue weighted by molar-refractivity contribution is 7.12. The fourth-order valence-electron chi connectivity index (χ4n) is 2.99. The molecule has 1 N–H and O–H groups in total. The summed E-state index contributed by atoms with van der Waals surface area (Å²) < 4.78 is 5.47. The van der Waals surface area contributed by atoms with E-state index in [0.29, 0.717) is 21.3 Å². The van der Waals surface area contributed by atoms with E-state index in [9.17, 15) is 14.7 Å². The summed E-state index contributed by atoms with van der Waals surface area (Å²) in [6.45, 7) is 0. The highest BCUT2D eigenvalue weighted by atomic mass is 35.5. The van der Waals surface area contributed by atoms with Gasteiger partial charge in [0.15, 0.2) is 5.76 Å². The third-order valence-electron chi connectivity index (χ3n) is 4.10. The number of carbonyl (C=O) groups is 2. The topological polar surface area (TPSA) is 70.8 Å². The molecule has 0 saturated carbocycles. The van der Waals surface area contributed by atoms with E-state index in [4.69, 9.17) is 16.0 Å². The van der Waals surface area contributed by atoms with Gasteiger partial charge in [-0.3, -0.25) is 14.5 Å². The number of hydrogen-bond acceptors (Lipinski definition) is 5. The molecule has 0 radical (unpaired) electrons. The van der Waals surface area contributed by atoms with E-state index < -0.39 is 23.5 Å². The number of ketones is 1. The molecule has 7 heteroatoms. The molecule has 1 amide bonds. The van der Waals surface area contributed by atoms with Crippen molar-refractivity contribution in [2.45, 2.75) is 6.04 Å². The van der Waals surface area contributed by atoms with Crippen LogP contribution in [0.2, 0.25) is 5.02 Å². The van der Waals surface area contributed by atoms with Crippen LogP contribution in [0.3, 0.4) is 0 Å². The molecule has 26 heavy (non-hydrogen) atoms. The number of anilines is 1. The van der Waals surface area contributed by atoms with Crippen molar-refractivity contribution in [2.24, 2.45) is 0 Å². The Labute approximate surface area is 157 Å². The molecule has 2 aromatic heterocycles. The molecular formula is C19H12ClNO4S. The van der Waals surface area contributed by atoms with Crippen LogP contribution in [-0.4, -0.2) is 16.8 Å². The van der Waals surface area contributed by atoms with E-state index in [2.05, 4.69) is 0 Å². The number of hydrogen-bond donors (Lipinski definition) is 1. The first kappa shape index (κ1) is 16.6. The van der Waals surface area contributed by atoms with Crippen LogP contribution in [0.25, 0.3) is 0 Å². The molecule has 1 aliphatic rings. The predicted molar refractivity (Wildman–Crippen MR) is 98.7 cm³/mol. The molecule has 4 rings (SSSR count). The summed E-state index contributed by atoms with van der Waals surface area (Å²) in [5, 5.41) is 12.7. The molecular weight excluding hydrogens is 374 g/mol. The third kappa shape index (κ3) is 2.64. The average molecular weight is 386 g/mol. The van der Waals surface area contributed by atoms with Gasteiger partial charge in [0.25, 0.3) is 5.91 Å². The Balaban J connectivity index is 1.87. The van der Waals surface area contributed by atoms with E-state index in [0.717, 1.165) is 0 Å². The minimum Gasteiger partial charge on any atom is -0.503 e. The van der Waals surface area contributed by atoms with Gasteiger partial charge in [-0.05, 0) is 41.8 Å². The zero-order valence-corrected chi connectivity index (χ0v) is 14.8. The number of benzene rings is 1. The minimum atomic E-state index is -0.870. The Morgan fingerprint density at radius 2 is 2.04 bits per heavy atom. The van der Waals surface area contributed by atoms with Gasteiger partial charge in [0, 0.05) is 10.7 Å². The zero-order chi connectivity index (χ0) is 18.3. The van der Waals surface area contributed by atoms with E-state index in [1.54, 1.807) is 53.9 Å². The highest BCUT2D eigenvalue weighted by Crippen LogP contribution is 2.42. The fourth-order valence-corrected chi connectivity index (χ4v) is 3.85. The Morgan fingerprint density at radius 1 is 1.19 bits per heavy atom. The first-order chi connectivity index (χ1) is 12.6. The average Bonchev–Trinajstić information content (AvgIpc) is 3.36. The molecule has 1 unspecified atom stereocenters. The molecule has 3 aromatic rings. The Bertz CT molecular complexity index is 1010. The number of Topliss-reactive ketones (excluding diaryl/α,β-unsaturated/α-hetero) is 1. The van der Waals surface area contributed by atoms with Crippen molar-refractivity contribution < 1.29 is 19.1 Å². The first-order valence-corrected chi connectivity index (χ1v) is 8.97. The van der Waals surface area contributed by atoms with E-state index in [1.807, 2.05) is 0 Å². The lowest BCUT2D eigenvalue weighted by molar-refractivity contribution is -0.117. The van der Waals surface area contributed by atoms with Crippen molar-refractivity contribution in [3.05, 3.63) is 87.2 Å². The highest BCUT2D eigenvalue weighted by Gasteiger charge is 2.46. The third-order valence-corrected chi connectivity index (χ3v) is 5.20. The summed E-state index contributed by atoms with van der Waals surface area (Å²) >= 11 is 7.30. The van der Waals surface area contributed by atoms with Gasteiger partial charge in [-0.15, -0.1) is 11.3 Å². The van der Waals surface area contributed by atoms with Crippen LogP contribution < -0.4 is 4.90 Å². The number of furan rings is 1. The maximum Gasteiger partial charge on any atom is 0.294 e. The molecule has 5 nitrogen and oxygen atoms in total. The standard InChI is InChI=1S/C19H12ClNO4S/c20-11-4-1-5-12(10-11)21-16(13-6-2-8-25-13)15(18(23)19(21)24)17(22)14-7-3-9-26-14/h1-10,16,23H. The van der Waals surface area contributed by atoms with Crippen molar-refractivity contribution in [2.75, 3.05) is 4.90 Å². The quantitative estimate of drug-likeness (QED) is 0.656. The number of thiophene rings is 1. The summed E-state index contributed by atoms with van der Waals surface area (Å²) in [6, 6.07) is 12.5. The number of nitrogens with zero attached hydrogens (tertiary/aromatic N) is 1. The number of carbonyl (C=O) groups excluding carboxylic acids is 2. The summed E-state index contributed by atoms with van der Waals surface area (Å²) in [6.07, 6.45) is 1.46. The summed E-state index contributed by atoms with van der Waals surface area (Å²) in [4.78, 5) is 27.5. The smallest absolute Gasteiger partial charge is 0.294 e. The zero-order valence-electron chi connectivity index (χ0n) is 13.3.